The number of nitrogens with two attached hydrogens (primary N) is 1. The predicted octanol–water partition coefficient (Wildman–Crippen LogP) is 9.76. The molecule has 2 atom stereocenters. The standard InChI is InChI=1S/C21H21ClF2N2O4.C16H13ClF2N2O.C8H12N2O3.ClH/c1-29-9-2-10-30-21(28)26-18-8-5-13-14(4-7-17(24)19(13)18)20(27)25-12-3-6-16(23)15(22)11-12;17-11-7-8(1-4-12(11)18)21-16(22)10-2-5-13(19)15-9(10)3-6-14(15)20;1-12-5-2-6-13-8(11)10-4-3-9-7-10;/h3-4,6-7,11,18H,2,5,8-10H2,1H3,(H,25,27)(H,26,28);1-2,4-5,7,14H,3,6,20H2,(H,21,22);3-4,7H,2,5-6H2,1H3;1H/t18-;14-;;/m00../s1. The Hall–Kier alpha value is -5.76. The highest BCUT2D eigenvalue weighted by molar-refractivity contribution is 6.31. The van der Waals surface area contributed by atoms with Crippen molar-refractivity contribution in [1.82, 2.24) is 14.9 Å². The second kappa shape index (κ2) is 25.8. The molecule has 0 bridgehead atoms. The quantitative estimate of drug-likeness (QED) is 0.0654. The Kier molecular flexibility index (Phi) is 20.7. The van der Waals surface area contributed by atoms with Gasteiger partial charge in [0.05, 0.1) is 29.3 Å². The summed E-state index contributed by atoms with van der Waals surface area (Å²) in [5, 5.41) is 7.72. The van der Waals surface area contributed by atoms with Crippen molar-refractivity contribution >= 4 is 71.0 Å². The first-order valence-corrected chi connectivity index (χ1v) is 20.9. The Labute approximate surface area is 393 Å². The number of aromatic nitrogens is 2. The minimum Gasteiger partial charge on any atom is -0.449 e. The fourth-order valence-corrected chi connectivity index (χ4v) is 7.30. The summed E-state index contributed by atoms with van der Waals surface area (Å²) >= 11 is 11.4. The second-order valence-electron chi connectivity index (χ2n) is 14.4. The predicted molar refractivity (Wildman–Crippen MR) is 242 cm³/mol. The van der Waals surface area contributed by atoms with Gasteiger partial charge in [-0.3, -0.25) is 9.59 Å². The molecule has 0 radical (unpaired) electrons. The summed E-state index contributed by atoms with van der Waals surface area (Å²) < 4.78 is 75.7. The van der Waals surface area contributed by atoms with E-state index >= 15 is 0 Å². The van der Waals surface area contributed by atoms with Crippen LogP contribution in [0.4, 0.5) is 38.5 Å². The van der Waals surface area contributed by atoms with Crippen molar-refractivity contribution in [2.75, 3.05) is 51.3 Å². The number of nitrogens with one attached hydrogen (secondary N) is 3. The van der Waals surface area contributed by atoms with Crippen LogP contribution in [0.25, 0.3) is 0 Å². The molecule has 354 valence electrons. The van der Waals surface area contributed by atoms with Gasteiger partial charge >= 0.3 is 12.2 Å². The molecule has 0 saturated heterocycles. The molecule has 14 nitrogen and oxygen atoms in total. The largest absolute Gasteiger partial charge is 0.449 e. The third kappa shape index (κ3) is 14.4. The lowest BCUT2D eigenvalue weighted by molar-refractivity contribution is 0.101. The fraction of sp³-hybridized carbons (Fsp3) is 0.311. The highest BCUT2D eigenvalue weighted by atomic mass is 35.5. The maximum absolute atomic E-state index is 14.5. The van der Waals surface area contributed by atoms with E-state index in [9.17, 15) is 36.7 Å². The molecule has 1 heterocycles. The van der Waals surface area contributed by atoms with Gasteiger partial charge in [-0.2, -0.15) is 0 Å². The first-order valence-electron chi connectivity index (χ1n) is 20.2. The van der Waals surface area contributed by atoms with Crippen LogP contribution in [0, 0.1) is 23.3 Å². The van der Waals surface area contributed by atoms with Crippen LogP contribution in [-0.4, -0.2) is 74.2 Å². The molecular weight excluding hydrogens is 935 g/mol. The van der Waals surface area contributed by atoms with Crippen LogP contribution in [0.2, 0.25) is 10.0 Å². The zero-order valence-electron chi connectivity index (χ0n) is 35.6. The van der Waals surface area contributed by atoms with Crippen LogP contribution >= 0.6 is 35.6 Å². The number of fused-ring (bicyclic) bond motifs is 2. The van der Waals surface area contributed by atoms with Crippen LogP contribution in [0.3, 0.4) is 0 Å². The van der Waals surface area contributed by atoms with Gasteiger partial charge in [0.2, 0.25) is 0 Å². The number of ether oxygens (including phenoxy) is 4. The van der Waals surface area contributed by atoms with Gasteiger partial charge in [0.1, 0.15) is 29.6 Å². The van der Waals surface area contributed by atoms with Crippen molar-refractivity contribution in [2.45, 2.75) is 50.6 Å². The number of benzene rings is 4. The van der Waals surface area contributed by atoms with Crippen LogP contribution in [0.15, 0.2) is 79.4 Å². The van der Waals surface area contributed by atoms with Crippen LogP contribution in [0.1, 0.15) is 80.7 Å². The summed E-state index contributed by atoms with van der Waals surface area (Å²) in [5.41, 5.74) is 9.06. The molecule has 66 heavy (non-hydrogen) atoms. The average Bonchev–Trinajstić information content (AvgIpc) is 4.07. The summed E-state index contributed by atoms with van der Waals surface area (Å²) in [5.74, 6) is -2.92. The Morgan fingerprint density at radius 1 is 0.712 bits per heavy atom. The van der Waals surface area contributed by atoms with Crippen LogP contribution < -0.4 is 21.7 Å². The van der Waals surface area contributed by atoms with E-state index in [2.05, 4.69) is 20.9 Å². The zero-order valence-corrected chi connectivity index (χ0v) is 38.0. The number of hydrogen-bond donors (Lipinski definition) is 4. The molecule has 0 spiro atoms. The molecule has 2 aliphatic carbocycles. The van der Waals surface area contributed by atoms with E-state index in [1.165, 1.54) is 71.7 Å². The third-order valence-electron chi connectivity index (χ3n) is 10.0. The number of hydrogen-bond acceptors (Lipinski definition) is 10. The van der Waals surface area contributed by atoms with E-state index in [1.54, 1.807) is 20.4 Å². The number of imidazole rings is 1. The molecule has 0 aliphatic heterocycles. The minimum atomic E-state index is -0.654. The molecule has 7 rings (SSSR count). The summed E-state index contributed by atoms with van der Waals surface area (Å²) in [6.07, 6.45) is 6.68. The number of anilines is 2. The van der Waals surface area contributed by atoms with Gasteiger partial charge in [-0.1, -0.05) is 23.2 Å². The second-order valence-corrected chi connectivity index (χ2v) is 15.2. The first kappa shape index (κ1) is 52.9. The fourth-order valence-electron chi connectivity index (χ4n) is 6.94. The van der Waals surface area contributed by atoms with Gasteiger partial charge in [0.25, 0.3) is 11.8 Å². The lowest BCUT2D eigenvalue weighted by Gasteiger charge is -2.16. The van der Waals surface area contributed by atoms with Gasteiger partial charge in [-0.15, -0.1) is 12.4 Å². The number of halogens is 7. The number of rotatable bonds is 13. The molecule has 21 heteroatoms. The molecule has 5 aromatic rings. The van der Waals surface area contributed by atoms with Gasteiger partial charge in [-0.05, 0) is 97.5 Å². The lowest BCUT2D eigenvalue weighted by Crippen LogP contribution is -2.29. The third-order valence-corrected chi connectivity index (χ3v) is 10.6. The van der Waals surface area contributed by atoms with Crippen molar-refractivity contribution in [3.05, 3.63) is 146 Å². The maximum atomic E-state index is 14.5. The van der Waals surface area contributed by atoms with Gasteiger partial charge < -0.3 is 40.6 Å². The highest BCUT2D eigenvalue weighted by Gasteiger charge is 2.32. The number of carbonyl (C=O) groups excluding carboxylic acids is 4. The van der Waals surface area contributed by atoms with E-state index in [0.717, 1.165) is 6.07 Å². The van der Waals surface area contributed by atoms with E-state index in [1.807, 2.05) is 0 Å². The topological polar surface area (TPSA) is 185 Å². The SMILES string of the molecule is COCCCOC(=O)N[C@H]1CCc2c(C(=O)Nc3ccc(F)c(Cl)c3)ccc(F)c21.COCCCOC(=O)n1ccnc1.Cl.N[C@H]1CCc2c(C(=O)Nc3ccc(F)c(Cl)c3)ccc(F)c21. The summed E-state index contributed by atoms with van der Waals surface area (Å²) in [7, 11) is 3.16. The minimum absolute atomic E-state index is 0. The Bertz CT molecular complexity index is 2470. The van der Waals surface area contributed by atoms with Crippen molar-refractivity contribution < 1.29 is 55.7 Å². The van der Waals surface area contributed by atoms with E-state index in [4.69, 9.17) is 47.9 Å². The Balaban J connectivity index is 0.000000232. The molecular formula is C45H47Cl3F4N6O8. The van der Waals surface area contributed by atoms with E-state index < -0.39 is 47.5 Å². The van der Waals surface area contributed by atoms with E-state index in [0.29, 0.717) is 92.0 Å². The maximum Gasteiger partial charge on any atom is 0.419 e. The molecule has 1 aromatic heterocycles. The van der Waals surface area contributed by atoms with Crippen molar-refractivity contribution in [1.29, 1.82) is 0 Å². The summed E-state index contributed by atoms with van der Waals surface area (Å²) in [6, 6.07) is 12.0. The summed E-state index contributed by atoms with van der Waals surface area (Å²) in [4.78, 5) is 51.9. The molecule has 0 unspecified atom stereocenters. The average molecular weight is 982 g/mol. The lowest BCUT2D eigenvalue weighted by atomic mass is 10.0. The van der Waals surface area contributed by atoms with Crippen LogP contribution in [0.5, 0.6) is 0 Å². The molecule has 0 fully saturated rings. The van der Waals surface area contributed by atoms with Gasteiger partial charge in [0, 0.05) is 92.3 Å². The number of methoxy groups -OCH3 is 2. The molecule has 3 amide bonds. The Morgan fingerprint density at radius 2 is 1.21 bits per heavy atom. The summed E-state index contributed by atoms with van der Waals surface area (Å²) in [6.45, 7) is 1.61. The first-order chi connectivity index (χ1) is 31.2. The van der Waals surface area contributed by atoms with Crippen LogP contribution in [-0.2, 0) is 31.8 Å². The number of carbonyl (C=O) groups is 4. The monoisotopic (exact) mass is 980 g/mol. The zero-order chi connectivity index (χ0) is 47.0. The van der Waals surface area contributed by atoms with Gasteiger partial charge in [0.15, 0.2) is 0 Å². The molecule has 2 aliphatic rings. The van der Waals surface area contributed by atoms with E-state index in [-0.39, 0.29) is 52.0 Å². The normalized spacial score (nSPS) is 14.2. The number of nitrogens with zero attached hydrogens (tertiary/aromatic N) is 2. The molecule has 4 aromatic carbocycles. The highest BCUT2D eigenvalue weighted by Crippen LogP contribution is 2.37. The smallest absolute Gasteiger partial charge is 0.419 e. The molecule has 5 N–H and O–H groups in total. The Morgan fingerprint density at radius 3 is 1.73 bits per heavy atom. The number of alkyl carbamates (subject to hydrolysis) is 1. The van der Waals surface area contributed by atoms with Gasteiger partial charge in [-0.25, -0.2) is 36.7 Å². The number of amides is 3. The van der Waals surface area contributed by atoms with Crippen molar-refractivity contribution in [3.63, 3.8) is 0 Å². The van der Waals surface area contributed by atoms with Crippen molar-refractivity contribution in [2.24, 2.45) is 5.73 Å². The molecule has 0 saturated carbocycles. The van der Waals surface area contributed by atoms with Crippen molar-refractivity contribution in [3.8, 4) is 0 Å².